The van der Waals surface area contributed by atoms with Gasteiger partial charge in [-0.1, -0.05) is 29.8 Å². The molecule has 20 heavy (non-hydrogen) atoms. The van der Waals surface area contributed by atoms with Gasteiger partial charge in [0.05, 0.1) is 5.56 Å². The molecule has 4 heteroatoms. The van der Waals surface area contributed by atoms with Crippen molar-refractivity contribution in [2.45, 2.75) is 13.5 Å². The number of imidazole rings is 1. The molecule has 0 atom stereocenters. The quantitative estimate of drug-likeness (QED) is 0.791. The molecule has 0 saturated carbocycles. The van der Waals surface area contributed by atoms with E-state index < -0.39 is 0 Å². The molecule has 0 radical (unpaired) electrons. The molecule has 1 N–H and O–H groups in total. The molecule has 0 aliphatic carbocycles. The van der Waals surface area contributed by atoms with E-state index in [0.29, 0.717) is 17.8 Å². The van der Waals surface area contributed by atoms with Crippen LogP contribution in [0, 0.1) is 6.92 Å². The molecular weight excluding hydrogens is 250 g/mol. The first-order chi connectivity index (χ1) is 9.74. The number of rotatable bonds is 3. The van der Waals surface area contributed by atoms with E-state index in [2.05, 4.69) is 10.3 Å². The number of carbonyl (C=O) groups excluding carboxylic acids is 1. The second kappa shape index (κ2) is 5.17. The minimum absolute atomic E-state index is 0.109. The van der Waals surface area contributed by atoms with Crippen molar-refractivity contribution in [3.05, 3.63) is 71.7 Å². The number of amides is 1. The zero-order chi connectivity index (χ0) is 13.9. The third kappa shape index (κ3) is 2.40. The van der Waals surface area contributed by atoms with Crippen LogP contribution in [-0.4, -0.2) is 15.3 Å². The molecule has 0 fully saturated rings. The molecule has 2 aromatic heterocycles. The lowest BCUT2D eigenvalue weighted by molar-refractivity contribution is 0.0952. The van der Waals surface area contributed by atoms with Crippen LogP contribution in [0.25, 0.3) is 5.65 Å². The minimum atomic E-state index is -0.109. The van der Waals surface area contributed by atoms with Gasteiger partial charge >= 0.3 is 0 Å². The van der Waals surface area contributed by atoms with Crippen molar-refractivity contribution in [2.75, 3.05) is 0 Å². The lowest BCUT2D eigenvalue weighted by Crippen LogP contribution is -2.23. The van der Waals surface area contributed by atoms with E-state index in [4.69, 9.17) is 0 Å². The maximum atomic E-state index is 12.2. The first-order valence-electron chi connectivity index (χ1n) is 6.49. The molecule has 3 aromatic rings. The van der Waals surface area contributed by atoms with Crippen molar-refractivity contribution in [1.82, 2.24) is 14.7 Å². The van der Waals surface area contributed by atoms with E-state index >= 15 is 0 Å². The van der Waals surface area contributed by atoms with Crippen LogP contribution in [0.4, 0.5) is 0 Å². The largest absolute Gasteiger partial charge is 0.348 e. The topological polar surface area (TPSA) is 46.4 Å². The van der Waals surface area contributed by atoms with Crippen LogP contribution in [0.15, 0.2) is 55.0 Å². The van der Waals surface area contributed by atoms with Gasteiger partial charge in [-0.25, -0.2) is 4.98 Å². The highest BCUT2D eigenvalue weighted by Crippen LogP contribution is 2.09. The third-order valence-corrected chi connectivity index (χ3v) is 3.24. The molecule has 0 aliphatic rings. The Kier molecular flexibility index (Phi) is 3.21. The first-order valence-corrected chi connectivity index (χ1v) is 6.49. The number of nitrogens with zero attached hydrogens (tertiary/aromatic N) is 2. The summed E-state index contributed by atoms with van der Waals surface area (Å²) in [5, 5.41) is 2.92. The van der Waals surface area contributed by atoms with Crippen molar-refractivity contribution < 1.29 is 4.79 Å². The van der Waals surface area contributed by atoms with Gasteiger partial charge in [-0.2, -0.15) is 0 Å². The number of benzene rings is 1. The average Bonchev–Trinajstić information content (AvgIpc) is 2.94. The molecular formula is C16H15N3O. The Bertz CT molecular complexity index is 744. The zero-order valence-corrected chi connectivity index (χ0v) is 11.2. The summed E-state index contributed by atoms with van der Waals surface area (Å²) >= 11 is 0. The Morgan fingerprint density at radius 1 is 1.20 bits per heavy atom. The smallest absolute Gasteiger partial charge is 0.255 e. The van der Waals surface area contributed by atoms with Gasteiger partial charge in [-0.3, -0.25) is 4.79 Å². The van der Waals surface area contributed by atoms with Crippen LogP contribution < -0.4 is 5.32 Å². The van der Waals surface area contributed by atoms with Gasteiger partial charge in [0.15, 0.2) is 0 Å². The predicted octanol–water partition coefficient (Wildman–Crippen LogP) is 2.57. The van der Waals surface area contributed by atoms with Crippen LogP contribution in [-0.2, 0) is 6.54 Å². The van der Waals surface area contributed by atoms with E-state index in [0.717, 1.165) is 5.56 Å². The van der Waals surface area contributed by atoms with Crippen molar-refractivity contribution in [3.8, 4) is 0 Å². The molecule has 0 spiro atoms. The maximum absolute atomic E-state index is 12.2. The number of fused-ring (bicyclic) bond motifs is 1. The van der Waals surface area contributed by atoms with E-state index in [1.807, 2.05) is 54.0 Å². The molecule has 2 heterocycles. The Morgan fingerprint density at radius 2 is 2.00 bits per heavy atom. The van der Waals surface area contributed by atoms with Crippen LogP contribution in [0.2, 0.25) is 0 Å². The number of aromatic nitrogens is 2. The fourth-order valence-electron chi connectivity index (χ4n) is 2.11. The Morgan fingerprint density at radius 3 is 2.80 bits per heavy atom. The highest BCUT2D eigenvalue weighted by atomic mass is 16.1. The van der Waals surface area contributed by atoms with Gasteiger partial charge < -0.3 is 9.72 Å². The number of hydrogen-bond acceptors (Lipinski definition) is 2. The summed E-state index contributed by atoms with van der Waals surface area (Å²) in [5.74, 6) is -0.109. The average molecular weight is 265 g/mol. The van der Waals surface area contributed by atoms with Gasteiger partial charge in [0, 0.05) is 25.1 Å². The molecule has 0 unspecified atom stereocenters. The number of aryl methyl sites for hydroxylation is 1. The molecule has 1 amide bonds. The van der Waals surface area contributed by atoms with E-state index in [1.54, 1.807) is 12.3 Å². The second-order valence-corrected chi connectivity index (χ2v) is 4.75. The highest BCUT2D eigenvalue weighted by molar-refractivity contribution is 5.99. The fraction of sp³-hybridized carbons (Fsp3) is 0.125. The second-order valence-electron chi connectivity index (χ2n) is 4.75. The van der Waals surface area contributed by atoms with Crippen molar-refractivity contribution >= 4 is 11.6 Å². The summed E-state index contributed by atoms with van der Waals surface area (Å²) in [4.78, 5) is 16.4. The zero-order valence-electron chi connectivity index (χ0n) is 11.2. The fourth-order valence-corrected chi connectivity index (χ4v) is 2.11. The standard InChI is InChI=1S/C16H15N3O/c1-12-4-6-13(7-5-12)11-18-16(20)14-3-2-9-19-10-8-17-15(14)19/h2-10H,11H2,1H3,(H,18,20). The molecule has 0 aliphatic heterocycles. The Hall–Kier alpha value is -2.62. The van der Waals surface area contributed by atoms with Crippen LogP contribution in [0.1, 0.15) is 21.5 Å². The third-order valence-electron chi connectivity index (χ3n) is 3.24. The molecule has 0 saturated heterocycles. The van der Waals surface area contributed by atoms with Gasteiger partial charge in [0.2, 0.25) is 0 Å². The summed E-state index contributed by atoms with van der Waals surface area (Å²) in [6.45, 7) is 2.56. The number of carbonyl (C=O) groups is 1. The summed E-state index contributed by atoms with van der Waals surface area (Å²) in [7, 11) is 0. The van der Waals surface area contributed by atoms with Crippen LogP contribution >= 0.6 is 0 Å². The van der Waals surface area contributed by atoms with Crippen molar-refractivity contribution in [3.63, 3.8) is 0 Å². The highest BCUT2D eigenvalue weighted by Gasteiger charge is 2.10. The summed E-state index contributed by atoms with van der Waals surface area (Å²) in [6, 6.07) is 11.7. The summed E-state index contributed by atoms with van der Waals surface area (Å²) < 4.78 is 1.83. The van der Waals surface area contributed by atoms with Crippen molar-refractivity contribution in [1.29, 1.82) is 0 Å². The summed E-state index contributed by atoms with van der Waals surface area (Å²) in [6.07, 6.45) is 5.39. The molecule has 100 valence electrons. The van der Waals surface area contributed by atoms with E-state index in [9.17, 15) is 4.79 Å². The van der Waals surface area contributed by atoms with Crippen LogP contribution in [0.5, 0.6) is 0 Å². The molecule has 1 aromatic carbocycles. The molecule has 4 nitrogen and oxygen atoms in total. The van der Waals surface area contributed by atoms with Crippen LogP contribution in [0.3, 0.4) is 0 Å². The lowest BCUT2D eigenvalue weighted by Gasteiger charge is -2.06. The SMILES string of the molecule is Cc1ccc(CNC(=O)c2cccn3ccnc23)cc1. The van der Waals surface area contributed by atoms with Crippen molar-refractivity contribution in [2.24, 2.45) is 0 Å². The maximum Gasteiger partial charge on any atom is 0.255 e. The predicted molar refractivity (Wildman–Crippen MR) is 77.5 cm³/mol. The molecule has 0 bridgehead atoms. The summed E-state index contributed by atoms with van der Waals surface area (Å²) in [5.41, 5.74) is 3.56. The molecule has 3 rings (SSSR count). The van der Waals surface area contributed by atoms with Gasteiger partial charge in [-0.15, -0.1) is 0 Å². The minimum Gasteiger partial charge on any atom is -0.348 e. The van der Waals surface area contributed by atoms with Gasteiger partial charge in [-0.05, 0) is 24.6 Å². The number of pyridine rings is 1. The van der Waals surface area contributed by atoms with E-state index in [1.165, 1.54) is 5.56 Å². The monoisotopic (exact) mass is 265 g/mol. The normalized spacial score (nSPS) is 10.7. The van der Waals surface area contributed by atoms with E-state index in [-0.39, 0.29) is 5.91 Å². The Balaban J connectivity index is 1.76. The Labute approximate surface area is 117 Å². The number of hydrogen-bond donors (Lipinski definition) is 1. The number of nitrogens with one attached hydrogen (secondary N) is 1. The van der Waals surface area contributed by atoms with Gasteiger partial charge in [0.1, 0.15) is 5.65 Å². The van der Waals surface area contributed by atoms with Gasteiger partial charge in [0.25, 0.3) is 5.91 Å². The lowest BCUT2D eigenvalue weighted by atomic mass is 10.1. The first kappa shape index (κ1) is 12.4.